The lowest BCUT2D eigenvalue weighted by atomic mass is 10.1. The fourth-order valence-electron chi connectivity index (χ4n) is 3.42. The summed E-state index contributed by atoms with van der Waals surface area (Å²) >= 11 is 0. The Balaban J connectivity index is 1.48. The van der Waals surface area contributed by atoms with Crippen molar-refractivity contribution in [2.75, 3.05) is 18.6 Å². The van der Waals surface area contributed by atoms with E-state index in [0.29, 0.717) is 19.5 Å². The van der Waals surface area contributed by atoms with Crippen molar-refractivity contribution in [3.8, 4) is 11.4 Å². The third-order valence-corrected chi connectivity index (χ3v) is 4.81. The largest absolute Gasteiger partial charge is 0.497 e. The van der Waals surface area contributed by atoms with Gasteiger partial charge >= 0.3 is 0 Å². The maximum atomic E-state index is 12.4. The molecule has 1 N–H and O–H groups in total. The summed E-state index contributed by atoms with van der Waals surface area (Å²) < 4.78 is 7.21. The predicted molar refractivity (Wildman–Crippen MR) is 104 cm³/mol. The summed E-state index contributed by atoms with van der Waals surface area (Å²) in [5.74, 6) is 0.952. The topological polar surface area (TPSA) is 59.4 Å². The SMILES string of the molecule is COc1ccc(-n2cccn2)c(CN[C@@H]2CC(=O)N(c3ccccc3)C2)c1. The van der Waals surface area contributed by atoms with Crippen molar-refractivity contribution in [1.82, 2.24) is 15.1 Å². The van der Waals surface area contributed by atoms with E-state index in [0.717, 1.165) is 22.7 Å². The number of methoxy groups -OCH3 is 1. The van der Waals surface area contributed by atoms with Crippen LogP contribution >= 0.6 is 0 Å². The van der Waals surface area contributed by atoms with E-state index in [4.69, 9.17) is 4.74 Å². The first-order chi connectivity index (χ1) is 13.2. The number of anilines is 1. The molecular weight excluding hydrogens is 340 g/mol. The van der Waals surface area contributed by atoms with Gasteiger partial charge in [-0.25, -0.2) is 4.68 Å². The van der Waals surface area contributed by atoms with Crippen molar-refractivity contribution < 1.29 is 9.53 Å². The lowest BCUT2D eigenvalue weighted by Gasteiger charge is -2.18. The van der Waals surface area contributed by atoms with Crippen LogP contribution in [0.5, 0.6) is 5.75 Å². The Kier molecular flexibility index (Phi) is 4.89. The van der Waals surface area contributed by atoms with Gasteiger partial charge in [0, 0.05) is 43.6 Å². The minimum Gasteiger partial charge on any atom is -0.497 e. The molecule has 1 atom stereocenters. The highest BCUT2D eigenvalue weighted by Crippen LogP contribution is 2.23. The Hall–Kier alpha value is -3.12. The average Bonchev–Trinajstić information content (AvgIpc) is 3.36. The van der Waals surface area contributed by atoms with Crippen molar-refractivity contribution in [3.05, 3.63) is 72.6 Å². The quantitative estimate of drug-likeness (QED) is 0.733. The molecule has 0 aliphatic carbocycles. The van der Waals surface area contributed by atoms with Crippen LogP contribution < -0.4 is 15.0 Å². The van der Waals surface area contributed by atoms with Gasteiger partial charge < -0.3 is 15.0 Å². The van der Waals surface area contributed by atoms with E-state index >= 15 is 0 Å². The van der Waals surface area contributed by atoms with Crippen molar-refractivity contribution >= 4 is 11.6 Å². The average molecular weight is 362 g/mol. The molecule has 1 aromatic heterocycles. The van der Waals surface area contributed by atoms with Gasteiger partial charge in [0.05, 0.1) is 12.8 Å². The summed E-state index contributed by atoms with van der Waals surface area (Å²) in [5, 5.41) is 7.85. The van der Waals surface area contributed by atoms with Crippen LogP contribution in [-0.4, -0.2) is 35.4 Å². The van der Waals surface area contributed by atoms with Crippen LogP contribution in [0.25, 0.3) is 5.69 Å². The highest BCUT2D eigenvalue weighted by molar-refractivity contribution is 5.96. The molecule has 6 nitrogen and oxygen atoms in total. The maximum absolute atomic E-state index is 12.4. The maximum Gasteiger partial charge on any atom is 0.228 e. The fraction of sp³-hybridized carbons (Fsp3) is 0.238. The number of nitrogens with one attached hydrogen (secondary N) is 1. The van der Waals surface area contributed by atoms with Crippen LogP contribution in [0.15, 0.2) is 67.0 Å². The van der Waals surface area contributed by atoms with Gasteiger partial charge in [0.1, 0.15) is 5.75 Å². The molecule has 0 unspecified atom stereocenters. The zero-order valence-corrected chi connectivity index (χ0v) is 15.2. The van der Waals surface area contributed by atoms with Crippen LogP contribution in [0, 0.1) is 0 Å². The number of amides is 1. The number of ether oxygens (including phenoxy) is 1. The van der Waals surface area contributed by atoms with Crippen LogP contribution in [0.3, 0.4) is 0 Å². The molecule has 6 heteroatoms. The monoisotopic (exact) mass is 362 g/mol. The zero-order chi connectivity index (χ0) is 18.6. The number of benzene rings is 2. The van der Waals surface area contributed by atoms with E-state index < -0.39 is 0 Å². The Morgan fingerprint density at radius 1 is 1.19 bits per heavy atom. The lowest BCUT2D eigenvalue weighted by Crippen LogP contribution is -2.32. The van der Waals surface area contributed by atoms with Gasteiger partial charge in [-0.3, -0.25) is 4.79 Å². The molecule has 0 bridgehead atoms. The van der Waals surface area contributed by atoms with Gasteiger partial charge in [0.2, 0.25) is 5.91 Å². The molecule has 4 rings (SSSR count). The van der Waals surface area contributed by atoms with Crippen LogP contribution in [0.1, 0.15) is 12.0 Å². The highest BCUT2D eigenvalue weighted by Gasteiger charge is 2.30. The Morgan fingerprint density at radius 3 is 2.78 bits per heavy atom. The van der Waals surface area contributed by atoms with Crippen molar-refractivity contribution in [1.29, 1.82) is 0 Å². The molecule has 1 aliphatic heterocycles. The Bertz CT molecular complexity index is 909. The number of carbonyl (C=O) groups excluding carboxylic acids is 1. The summed E-state index contributed by atoms with van der Waals surface area (Å²) in [6, 6.07) is 17.7. The smallest absolute Gasteiger partial charge is 0.228 e. The summed E-state index contributed by atoms with van der Waals surface area (Å²) in [7, 11) is 1.66. The van der Waals surface area contributed by atoms with Crippen LogP contribution in [0.4, 0.5) is 5.69 Å². The first-order valence-electron chi connectivity index (χ1n) is 9.00. The second kappa shape index (κ2) is 7.63. The summed E-state index contributed by atoms with van der Waals surface area (Å²) in [4.78, 5) is 14.2. The number of hydrogen-bond donors (Lipinski definition) is 1. The number of rotatable bonds is 6. The molecule has 0 spiro atoms. The number of aromatic nitrogens is 2. The van der Waals surface area contributed by atoms with E-state index in [-0.39, 0.29) is 11.9 Å². The van der Waals surface area contributed by atoms with Crippen molar-refractivity contribution in [3.63, 3.8) is 0 Å². The van der Waals surface area contributed by atoms with Crippen molar-refractivity contribution in [2.24, 2.45) is 0 Å². The summed E-state index contributed by atoms with van der Waals surface area (Å²) in [5.41, 5.74) is 3.02. The second-order valence-corrected chi connectivity index (χ2v) is 6.57. The van der Waals surface area contributed by atoms with Gasteiger partial charge in [0.25, 0.3) is 0 Å². The number of hydrogen-bond acceptors (Lipinski definition) is 4. The molecule has 0 radical (unpaired) electrons. The summed E-state index contributed by atoms with van der Waals surface area (Å²) in [6.45, 7) is 1.30. The molecule has 3 aromatic rings. The highest BCUT2D eigenvalue weighted by atomic mass is 16.5. The first kappa shape index (κ1) is 17.3. The zero-order valence-electron chi connectivity index (χ0n) is 15.2. The van der Waals surface area contributed by atoms with Gasteiger partial charge in [-0.1, -0.05) is 18.2 Å². The molecule has 1 amide bonds. The summed E-state index contributed by atoms with van der Waals surface area (Å²) in [6.07, 6.45) is 4.17. The van der Waals surface area contributed by atoms with Crippen LogP contribution in [-0.2, 0) is 11.3 Å². The first-order valence-corrected chi connectivity index (χ1v) is 9.00. The minimum absolute atomic E-state index is 0.106. The molecule has 2 aromatic carbocycles. The molecule has 27 heavy (non-hydrogen) atoms. The van der Waals surface area contributed by atoms with E-state index in [1.807, 2.05) is 70.4 Å². The standard InChI is InChI=1S/C21H22N4O2/c1-27-19-8-9-20(25-11-5-10-23-25)16(12-19)14-22-17-13-21(26)24(15-17)18-6-3-2-4-7-18/h2-12,17,22H,13-15H2,1H3/t17-/m1/s1. The van der Waals surface area contributed by atoms with Crippen molar-refractivity contribution in [2.45, 2.75) is 19.0 Å². The number of para-hydroxylation sites is 1. The van der Waals surface area contributed by atoms with E-state index in [2.05, 4.69) is 10.4 Å². The molecule has 138 valence electrons. The second-order valence-electron chi connectivity index (χ2n) is 6.57. The van der Waals surface area contributed by atoms with Crippen LogP contribution in [0.2, 0.25) is 0 Å². The molecular formula is C21H22N4O2. The van der Waals surface area contributed by atoms with Gasteiger partial charge in [-0.05, 0) is 42.0 Å². The van der Waals surface area contributed by atoms with Gasteiger partial charge in [0.15, 0.2) is 0 Å². The lowest BCUT2D eigenvalue weighted by molar-refractivity contribution is -0.117. The van der Waals surface area contributed by atoms with E-state index in [1.165, 1.54) is 0 Å². The Labute approximate surface area is 158 Å². The van der Waals surface area contributed by atoms with E-state index in [1.54, 1.807) is 13.3 Å². The normalized spacial score (nSPS) is 16.7. The Morgan fingerprint density at radius 2 is 2.04 bits per heavy atom. The third kappa shape index (κ3) is 3.71. The fourth-order valence-corrected chi connectivity index (χ4v) is 3.42. The molecule has 1 fully saturated rings. The molecule has 1 aliphatic rings. The molecule has 0 saturated carbocycles. The van der Waals surface area contributed by atoms with Gasteiger partial charge in [-0.15, -0.1) is 0 Å². The number of carbonyl (C=O) groups is 1. The molecule has 1 saturated heterocycles. The van der Waals surface area contributed by atoms with E-state index in [9.17, 15) is 4.79 Å². The molecule has 2 heterocycles. The third-order valence-electron chi connectivity index (χ3n) is 4.81. The number of nitrogens with zero attached hydrogens (tertiary/aromatic N) is 3. The predicted octanol–water partition coefficient (Wildman–Crippen LogP) is 2.78. The van der Waals surface area contributed by atoms with Gasteiger partial charge in [-0.2, -0.15) is 5.10 Å². The minimum atomic E-state index is 0.106.